The quantitative estimate of drug-likeness (QED) is 0.477. The molecule has 0 saturated heterocycles. The zero-order chi connectivity index (χ0) is 17.5. The van der Waals surface area contributed by atoms with Gasteiger partial charge in [-0.1, -0.05) is 30.0 Å². The van der Waals surface area contributed by atoms with Gasteiger partial charge in [-0.15, -0.1) is 5.10 Å². The fourth-order valence-electron chi connectivity index (χ4n) is 2.17. The molecule has 0 fully saturated rings. The Morgan fingerprint density at radius 2 is 2.08 bits per heavy atom. The van der Waals surface area contributed by atoms with Gasteiger partial charge in [-0.3, -0.25) is 0 Å². The molecule has 25 heavy (non-hydrogen) atoms. The van der Waals surface area contributed by atoms with Crippen LogP contribution in [0, 0.1) is 11.3 Å². The second kappa shape index (κ2) is 8.17. The molecule has 0 N–H and O–H groups in total. The van der Waals surface area contributed by atoms with Gasteiger partial charge in [-0.2, -0.15) is 9.94 Å². The van der Waals surface area contributed by atoms with E-state index in [1.54, 1.807) is 30.0 Å². The van der Waals surface area contributed by atoms with E-state index in [0.29, 0.717) is 34.6 Å². The molecule has 0 bridgehead atoms. The Labute approximate surface area is 149 Å². The molecule has 0 aliphatic rings. The van der Waals surface area contributed by atoms with Gasteiger partial charge in [0.05, 0.1) is 25.3 Å². The van der Waals surface area contributed by atoms with Crippen molar-refractivity contribution in [3.05, 3.63) is 54.1 Å². The lowest BCUT2D eigenvalue weighted by molar-refractivity contribution is 0.343. The van der Waals surface area contributed by atoms with Crippen molar-refractivity contribution < 1.29 is 9.47 Å². The third-order valence-corrected chi connectivity index (χ3v) is 4.18. The number of aromatic nitrogens is 4. The van der Waals surface area contributed by atoms with E-state index in [1.165, 1.54) is 11.8 Å². The molecule has 3 aromatic rings. The zero-order valence-corrected chi connectivity index (χ0v) is 14.3. The molecule has 2 aromatic carbocycles. The first-order valence-corrected chi connectivity index (χ1v) is 8.48. The van der Waals surface area contributed by atoms with Gasteiger partial charge in [0.1, 0.15) is 17.2 Å². The van der Waals surface area contributed by atoms with Crippen LogP contribution in [0.15, 0.2) is 53.7 Å². The van der Waals surface area contributed by atoms with E-state index in [2.05, 4.69) is 21.6 Å². The van der Waals surface area contributed by atoms with E-state index >= 15 is 0 Å². The summed E-state index contributed by atoms with van der Waals surface area (Å²) in [6, 6.07) is 16.7. The largest absolute Gasteiger partial charge is 0.494 e. The van der Waals surface area contributed by atoms with Crippen molar-refractivity contribution in [2.24, 2.45) is 0 Å². The van der Waals surface area contributed by atoms with E-state index in [0.717, 1.165) is 5.69 Å². The van der Waals surface area contributed by atoms with Gasteiger partial charge in [0.25, 0.3) is 0 Å². The van der Waals surface area contributed by atoms with Crippen LogP contribution in [0.1, 0.15) is 5.56 Å². The van der Waals surface area contributed by atoms with Crippen molar-refractivity contribution in [2.45, 2.75) is 5.16 Å². The molecule has 3 rings (SSSR count). The lowest BCUT2D eigenvalue weighted by Gasteiger charge is -2.09. The third kappa shape index (κ3) is 4.08. The monoisotopic (exact) mass is 353 g/mol. The van der Waals surface area contributed by atoms with E-state index in [4.69, 9.17) is 14.7 Å². The van der Waals surface area contributed by atoms with Gasteiger partial charge in [-0.25, -0.2) is 0 Å². The summed E-state index contributed by atoms with van der Waals surface area (Å²) in [5.74, 6) is 2.02. The number of thioether (sulfide) groups is 1. The van der Waals surface area contributed by atoms with E-state index in [-0.39, 0.29) is 0 Å². The first kappa shape index (κ1) is 16.8. The number of tetrazole rings is 1. The Hall–Kier alpha value is -3.05. The highest BCUT2D eigenvalue weighted by Gasteiger charge is 2.12. The Kier molecular flexibility index (Phi) is 5.49. The first-order valence-electron chi connectivity index (χ1n) is 7.49. The molecule has 0 saturated carbocycles. The number of nitrogens with zero attached hydrogens (tertiary/aromatic N) is 5. The van der Waals surface area contributed by atoms with Crippen LogP contribution in [0.3, 0.4) is 0 Å². The number of nitriles is 1. The van der Waals surface area contributed by atoms with E-state index in [9.17, 15) is 0 Å². The molecule has 0 radical (unpaired) electrons. The number of rotatable bonds is 7. The van der Waals surface area contributed by atoms with Gasteiger partial charge in [0.2, 0.25) is 5.16 Å². The molecule has 0 spiro atoms. The number of methoxy groups -OCH3 is 1. The summed E-state index contributed by atoms with van der Waals surface area (Å²) in [6.07, 6.45) is 0. The molecular weight excluding hydrogens is 338 g/mol. The van der Waals surface area contributed by atoms with Crippen LogP contribution in [0.2, 0.25) is 0 Å². The lowest BCUT2D eigenvalue weighted by Crippen LogP contribution is -2.04. The van der Waals surface area contributed by atoms with Crippen molar-refractivity contribution in [1.82, 2.24) is 20.2 Å². The van der Waals surface area contributed by atoms with Crippen molar-refractivity contribution in [3.63, 3.8) is 0 Å². The van der Waals surface area contributed by atoms with Crippen LogP contribution in [-0.4, -0.2) is 39.7 Å². The number of para-hydroxylation sites is 2. The molecule has 8 heteroatoms. The van der Waals surface area contributed by atoms with Crippen LogP contribution in [-0.2, 0) is 0 Å². The van der Waals surface area contributed by atoms with Crippen molar-refractivity contribution in [2.75, 3.05) is 19.5 Å². The second-order valence-corrected chi connectivity index (χ2v) is 5.94. The maximum atomic E-state index is 8.90. The summed E-state index contributed by atoms with van der Waals surface area (Å²) in [4.78, 5) is 0. The SMILES string of the molecule is COc1ccccc1-n1nnnc1SCCOc1cccc(C#N)c1. The summed E-state index contributed by atoms with van der Waals surface area (Å²) in [7, 11) is 1.61. The summed E-state index contributed by atoms with van der Waals surface area (Å²) in [5, 5.41) is 21.4. The summed E-state index contributed by atoms with van der Waals surface area (Å²) in [6.45, 7) is 0.471. The maximum Gasteiger partial charge on any atom is 0.214 e. The smallest absolute Gasteiger partial charge is 0.214 e. The fraction of sp³-hybridized carbons (Fsp3) is 0.176. The molecule has 0 aliphatic carbocycles. The predicted octanol–water partition coefficient (Wildman–Crippen LogP) is 2.71. The van der Waals surface area contributed by atoms with Gasteiger partial charge >= 0.3 is 0 Å². The van der Waals surface area contributed by atoms with Crippen molar-refractivity contribution >= 4 is 11.8 Å². The molecule has 0 amide bonds. The van der Waals surface area contributed by atoms with Gasteiger partial charge < -0.3 is 9.47 Å². The molecular formula is C17H15N5O2S. The normalized spacial score (nSPS) is 10.2. The number of ether oxygens (including phenoxy) is 2. The average molecular weight is 353 g/mol. The molecule has 0 unspecified atom stereocenters. The number of hydrogen-bond acceptors (Lipinski definition) is 7. The Morgan fingerprint density at radius 1 is 1.20 bits per heavy atom. The predicted molar refractivity (Wildman–Crippen MR) is 93.1 cm³/mol. The highest BCUT2D eigenvalue weighted by Crippen LogP contribution is 2.25. The van der Waals surface area contributed by atoms with Gasteiger partial charge in [0.15, 0.2) is 0 Å². The standard InChI is InChI=1S/C17H15N5O2S/c1-23-16-8-3-2-7-15(16)22-17(19-20-21-22)25-10-9-24-14-6-4-5-13(11-14)12-18/h2-8,11H,9-10H2,1H3. The topological polar surface area (TPSA) is 85.8 Å². The molecule has 0 atom stereocenters. The highest BCUT2D eigenvalue weighted by molar-refractivity contribution is 7.99. The fourth-order valence-corrected chi connectivity index (χ4v) is 2.87. The minimum Gasteiger partial charge on any atom is -0.494 e. The number of benzene rings is 2. The van der Waals surface area contributed by atoms with Crippen LogP contribution >= 0.6 is 11.8 Å². The van der Waals surface area contributed by atoms with Crippen molar-refractivity contribution in [1.29, 1.82) is 5.26 Å². The average Bonchev–Trinajstić information content (AvgIpc) is 3.13. The molecule has 1 heterocycles. The third-order valence-electron chi connectivity index (χ3n) is 3.30. The molecule has 126 valence electrons. The highest BCUT2D eigenvalue weighted by atomic mass is 32.2. The zero-order valence-electron chi connectivity index (χ0n) is 13.5. The molecule has 0 aliphatic heterocycles. The Bertz CT molecular complexity index is 890. The van der Waals surface area contributed by atoms with Gasteiger partial charge in [-0.05, 0) is 40.8 Å². The summed E-state index contributed by atoms with van der Waals surface area (Å²) >= 11 is 1.48. The van der Waals surface area contributed by atoms with Crippen LogP contribution in [0.5, 0.6) is 11.5 Å². The molecule has 1 aromatic heterocycles. The van der Waals surface area contributed by atoms with Crippen LogP contribution < -0.4 is 9.47 Å². The lowest BCUT2D eigenvalue weighted by atomic mass is 10.2. The number of hydrogen-bond donors (Lipinski definition) is 0. The summed E-state index contributed by atoms with van der Waals surface area (Å²) in [5.41, 5.74) is 1.35. The minimum atomic E-state index is 0.471. The Balaban J connectivity index is 1.61. The minimum absolute atomic E-state index is 0.471. The van der Waals surface area contributed by atoms with Crippen molar-refractivity contribution in [3.8, 4) is 23.3 Å². The Morgan fingerprint density at radius 3 is 2.92 bits per heavy atom. The van der Waals surface area contributed by atoms with Gasteiger partial charge in [0, 0.05) is 5.75 Å². The van der Waals surface area contributed by atoms with E-state index < -0.39 is 0 Å². The van der Waals surface area contributed by atoms with Crippen LogP contribution in [0.25, 0.3) is 5.69 Å². The summed E-state index contributed by atoms with van der Waals surface area (Å²) < 4.78 is 12.7. The van der Waals surface area contributed by atoms with Crippen LogP contribution in [0.4, 0.5) is 0 Å². The van der Waals surface area contributed by atoms with E-state index in [1.807, 2.05) is 30.3 Å². The molecule has 7 nitrogen and oxygen atoms in total. The first-order chi connectivity index (χ1) is 12.3. The maximum absolute atomic E-state index is 8.90. The second-order valence-electron chi connectivity index (χ2n) is 4.88.